The Balaban J connectivity index is 1.31. The molecule has 0 aliphatic carbocycles. The zero-order chi connectivity index (χ0) is 25.6. The van der Waals surface area contributed by atoms with Gasteiger partial charge in [-0.05, 0) is 35.5 Å². The van der Waals surface area contributed by atoms with E-state index in [9.17, 15) is 14.4 Å². The highest BCUT2D eigenvalue weighted by Crippen LogP contribution is 2.27. The lowest BCUT2D eigenvalue weighted by Gasteiger charge is -2.34. The van der Waals surface area contributed by atoms with E-state index in [1.54, 1.807) is 17.0 Å². The van der Waals surface area contributed by atoms with Crippen LogP contribution in [-0.4, -0.2) is 58.2 Å². The van der Waals surface area contributed by atoms with E-state index in [1.807, 2.05) is 65.6 Å². The van der Waals surface area contributed by atoms with Gasteiger partial charge in [-0.25, -0.2) is 9.78 Å². The molecule has 188 valence electrons. The topological polar surface area (TPSA) is 117 Å². The van der Waals surface area contributed by atoms with Crippen LogP contribution < -0.4 is 20.3 Å². The van der Waals surface area contributed by atoms with E-state index in [2.05, 4.69) is 20.6 Å². The molecular formula is C26H24N6O4S. The maximum Gasteiger partial charge on any atom is 0.321 e. The number of imide groups is 1. The smallest absolute Gasteiger partial charge is 0.321 e. The van der Waals surface area contributed by atoms with E-state index in [-0.39, 0.29) is 10.9 Å². The van der Waals surface area contributed by atoms with Gasteiger partial charge >= 0.3 is 6.03 Å². The predicted molar refractivity (Wildman–Crippen MR) is 141 cm³/mol. The summed E-state index contributed by atoms with van der Waals surface area (Å²) in [5.41, 5.74) is 2.17. The molecule has 0 bridgehead atoms. The molecule has 11 heteroatoms. The van der Waals surface area contributed by atoms with Crippen molar-refractivity contribution in [2.75, 3.05) is 36.4 Å². The molecule has 2 aliphatic heterocycles. The number of para-hydroxylation sites is 1. The third-order valence-corrected chi connectivity index (χ3v) is 6.55. The fourth-order valence-corrected chi connectivity index (χ4v) is 4.51. The van der Waals surface area contributed by atoms with Gasteiger partial charge < -0.3 is 19.9 Å². The van der Waals surface area contributed by atoms with Gasteiger partial charge in [0.1, 0.15) is 6.61 Å². The summed E-state index contributed by atoms with van der Waals surface area (Å²) < 4.78 is 5.95. The lowest BCUT2D eigenvalue weighted by Crippen LogP contribution is -2.50. The van der Waals surface area contributed by atoms with Gasteiger partial charge in [0.25, 0.3) is 11.1 Å². The number of aromatic nitrogens is 2. The van der Waals surface area contributed by atoms with Gasteiger partial charge in [-0.1, -0.05) is 48.5 Å². The van der Waals surface area contributed by atoms with Crippen LogP contribution in [0.3, 0.4) is 0 Å². The normalized spacial score (nSPS) is 16.6. The summed E-state index contributed by atoms with van der Waals surface area (Å²) in [5.74, 6) is 0.315. The van der Waals surface area contributed by atoms with Crippen LogP contribution >= 0.6 is 11.8 Å². The van der Waals surface area contributed by atoms with E-state index in [4.69, 9.17) is 4.74 Å². The van der Waals surface area contributed by atoms with Crippen molar-refractivity contribution < 1.29 is 19.1 Å². The highest BCUT2D eigenvalue weighted by molar-refractivity contribution is 8.18. The number of carbonyl (C=O) groups is 3. The molecular weight excluding hydrogens is 492 g/mol. The Hall–Kier alpha value is -4.38. The number of amides is 4. The van der Waals surface area contributed by atoms with Gasteiger partial charge in [-0.2, -0.15) is 4.98 Å². The minimum Gasteiger partial charge on any atom is -0.473 e. The molecule has 0 radical (unpaired) electrons. The number of anilines is 2. The Morgan fingerprint density at radius 1 is 1.00 bits per heavy atom. The molecule has 4 amide bonds. The van der Waals surface area contributed by atoms with Crippen molar-refractivity contribution in [3.8, 4) is 5.88 Å². The Morgan fingerprint density at radius 2 is 1.70 bits per heavy atom. The summed E-state index contributed by atoms with van der Waals surface area (Å²) in [7, 11) is 0. The number of thioether (sulfide) groups is 1. The molecule has 2 aliphatic rings. The third-order valence-electron chi connectivity index (χ3n) is 5.74. The largest absolute Gasteiger partial charge is 0.473 e. The minimum absolute atomic E-state index is 0.161. The number of carbonyl (C=O) groups excluding carboxylic acids is 3. The number of ether oxygens (including phenoxy) is 1. The van der Waals surface area contributed by atoms with Crippen LogP contribution in [0, 0.1) is 0 Å². The van der Waals surface area contributed by atoms with Crippen molar-refractivity contribution in [3.63, 3.8) is 0 Å². The second-order valence-corrected chi connectivity index (χ2v) is 9.34. The summed E-state index contributed by atoms with van der Waals surface area (Å²) in [4.78, 5) is 49.5. The highest BCUT2D eigenvalue weighted by atomic mass is 32.2. The Morgan fingerprint density at radius 3 is 2.38 bits per heavy atom. The fourth-order valence-electron chi connectivity index (χ4n) is 3.84. The SMILES string of the molecule is O=C1NC(=O)/C(=C\c2cc(OCc3ccccc3)nc(N3CCN(C(=O)Nc4ccccc4)CC3)n2)S1. The quantitative estimate of drug-likeness (QED) is 0.476. The number of urea groups is 1. The predicted octanol–water partition coefficient (Wildman–Crippen LogP) is 3.73. The number of nitrogens with zero attached hydrogens (tertiary/aromatic N) is 4. The molecule has 3 aromatic rings. The Labute approximate surface area is 217 Å². The first-order valence-electron chi connectivity index (χ1n) is 11.7. The maximum atomic E-state index is 12.7. The van der Waals surface area contributed by atoms with Gasteiger partial charge in [0.15, 0.2) is 0 Å². The van der Waals surface area contributed by atoms with Crippen molar-refractivity contribution in [1.29, 1.82) is 0 Å². The van der Waals surface area contributed by atoms with Crippen LogP contribution in [0.1, 0.15) is 11.3 Å². The molecule has 37 heavy (non-hydrogen) atoms. The molecule has 0 saturated carbocycles. The van der Waals surface area contributed by atoms with Gasteiger partial charge in [-0.15, -0.1) is 0 Å². The summed E-state index contributed by atoms with van der Waals surface area (Å²) in [6, 6.07) is 20.5. The number of hydrogen-bond donors (Lipinski definition) is 2. The fraction of sp³-hybridized carbons (Fsp3) is 0.192. The molecule has 3 heterocycles. The van der Waals surface area contributed by atoms with Crippen LogP contribution in [0.25, 0.3) is 6.08 Å². The molecule has 2 saturated heterocycles. The van der Waals surface area contributed by atoms with E-state index < -0.39 is 11.1 Å². The van der Waals surface area contributed by atoms with Crippen LogP contribution in [0.2, 0.25) is 0 Å². The summed E-state index contributed by atoms with van der Waals surface area (Å²) in [6.45, 7) is 2.33. The first kappa shape index (κ1) is 24.3. The van der Waals surface area contributed by atoms with Crippen LogP contribution in [-0.2, 0) is 11.4 Å². The molecule has 1 aromatic heterocycles. The van der Waals surface area contributed by atoms with Crippen molar-refractivity contribution >= 4 is 46.7 Å². The van der Waals surface area contributed by atoms with Crippen LogP contribution in [0.15, 0.2) is 71.6 Å². The molecule has 5 rings (SSSR count). The molecule has 0 spiro atoms. The number of piperazine rings is 1. The highest BCUT2D eigenvalue weighted by Gasteiger charge is 2.26. The minimum atomic E-state index is -0.458. The standard InChI is InChI=1S/C26H24N6O4S/c33-23-21(37-26(35)30-23)15-20-16-22(36-17-18-7-3-1-4-8-18)29-24(27-20)31-11-13-32(14-12-31)25(34)28-19-9-5-2-6-10-19/h1-10,15-16H,11-14,17H2,(H,28,34)(H,30,33,35)/b21-15+. The van der Waals surface area contributed by atoms with E-state index >= 15 is 0 Å². The van der Waals surface area contributed by atoms with E-state index in [1.165, 1.54) is 0 Å². The zero-order valence-electron chi connectivity index (χ0n) is 19.8. The molecule has 2 aromatic carbocycles. The van der Waals surface area contributed by atoms with Gasteiger partial charge in [-0.3, -0.25) is 14.9 Å². The van der Waals surface area contributed by atoms with E-state index in [0.29, 0.717) is 50.3 Å². The monoisotopic (exact) mass is 516 g/mol. The maximum absolute atomic E-state index is 12.7. The first-order chi connectivity index (χ1) is 18.0. The van der Waals surface area contributed by atoms with Gasteiger partial charge in [0, 0.05) is 37.9 Å². The van der Waals surface area contributed by atoms with Crippen LogP contribution in [0.4, 0.5) is 21.2 Å². The summed E-state index contributed by atoms with van der Waals surface area (Å²) >= 11 is 0.826. The first-order valence-corrected chi connectivity index (χ1v) is 12.5. The number of nitrogens with one attached hydrogen (secondary N) is 2. The van der Waals surface area contributed by atoms with Crippen molar-refractivity contribution in [2.24, 2.45) is 0 Å². The Bertz CT molecular complexity index is 1330. The van der Waals surface area contributed by atoms with Crippen LogP contribution in [0.5, 0.6) is 5.88 Å². The number of rotatable bonds is 6. The average Bonchev–Trinajstić information content (AvgIpc) is 3.24. The number of hydrogen-bond acceptors (Lipinski definition) is 8. The molecule has 0 atom stereocenters. The van der Waals surface area contributed by atoms with Crippen molar-refractivity contribution in [3.05, 3.63) is 82.9 Å². The Kier molecular flexibility index (Phi) is 7.31. The van der Waals surface area contributed by atoms with Crippen molar-refractivity contribution in [1.82, 2.24) is 20.2 Å². The van der Waals surface area contributed by atoms with Gasteiger partial charge in [0.2, 0.25) is 11.8 Å². The lowest BCUT2D eigenvalue weighted by atomic mass is 10.2. The molecule has 2 fully saturated rings. The molecule has 2 N–H and O–H groups in total. The summed E-state index contributed by atoms with van der Waals surface area (Å²) in [6.07, 6.45) is 1.55. The molecule has 0 unspecified atom stereocenters. The molecule has 10 nitrogen and oxygen atoms in total. The number of benzene rings is 2. The lowest BCUT2D eigenvalue weighted by molar-refractivity contribution is -0.115. The van der Waals surface area contributed by atoms with Crippen molar-refractivity contribution in [2.45, 2.75) is 6.61 Å². The third kappa shape index (κ3) is 6.25. The average molecular weight is 517 g/mol. The van der Waals surface area contributed by atoms with Gasteiger partial charge in [0.05, 0.1) is 10.6 Å². The second kappa shape index (κ2) is 11.1. The second-order valence-electron chi connectivity index (χ2n) is 8.33. The zero-order valence-corrected chi connectivity index (χ0v) is 20.6. The summed E-state index contributed by atoms with van der Waals surface area (Å²) in [5, 5.41) is 4.73. The van der Waals surface area contributed by atoms with E-state index in [0.717, 1.165) is 23.0 Å².